The van der Waals surface area contributed by atoms with Crippen LogP contribution in [0.2, 0.25) is 0 Å². The minimum Gasteiger partial charge on any atom is -0.508 e. The molecule has 1 aromatic rings. The zero-order valence-electron chi connectivity index (χ0n) is 14.9. The van der Waals surface area contributed by atoms with Crippen LogP contribution in [-0.4, -0.2) is 46.1 Å². The van der Waals surface area contributed by atoms with Crippen LogP contribution in [0, 0.1) is 5.92 Å². The van der Waals surface area contributed by atoms with Gasteiger partial charge < -0.3 is 10.2 Å². The van der Waals surface area contributed by atoms with E-state index in [1.165, 1.54) is 12.8 Å². The second-order valence-corrected chi connectivity index (χ2v) is 8.26. The van der Waals surface area contributed by atoms with Crippen molar-refractivity contribution in [1.82, 2.24) is 4.90 Å². The van der Waals surface area contributed by atoms with E-state index in [2.05, 4.69) is 18.5 Å². The molecule has 3 unspecified atom stereocenters. The number of rotatable bonds is 4. The van der Waals surface area contributed by atoms with Gasteiger partial charge in [0.2, 0.25) is 0 Å². The molecule has 0 saturated heterocycles. The molecule has 0 heterocycles. The molecule has 0 radical (unpaired) electrons. The zero-order chi connectivity index (χ0) is 17.8. The van der Waals surface area contributed by atoms with Crippen LogP contribution in [0.1, 0.15) is 43.2 Å². The van der Waals surface area contributed by atoms with Crippen molar-refractivity contribution in [2.45, 2.75) is 55.6 Å². The maximum atomic E-state index is 12.3. The quantitative estimate of drug-likeness (QED) is 0.827. The number of aromatic hydroxyl groups is 1. The number of fused-ring (bicyclic) bond motifs is 3. The van der Waals surface area contributed by atoms with Crippen molar-refractivity contribution in [2.24, 2.45) is 5.92 Å². The zero-order valence-corrected chi connectivity index (χ0v) is 14.9. The molecule has 0 aromatic heterocycles. The fourth-order valence-corrected chi connectivity index (χ4v) is 5.15. The summed E-state index contributed by atoms with van der Waals surface area (Å²) in [6.07, 6.45) is 6.16. The predicted molar refractivity (Wildman–Crippen MR) is 96.6 cm³/mol. The predicted octanol–water partition coefficient (Wildman–Crippen LogP) is 2.57. The molecule has 25 heavy (non-hydrogen) atoms. The molecular formula is C21H27NO3. The van der Waals surface area contributed by atoms with Crippen LogP contribution in [0.15, 0.2) is 30.9 Å². The van der Waals surface area contributed by atoms with Crippen LogP contribution in [0.4, 0.5) is 0 Å². The van der Waals surface area contributed by atoms with Gasteiger partial charge in [0.05, 0.1) is 11.0 Å². The van der Waals surface area contributed by atoms with Gasteiger partial charge in [-0.1, -0.05) is 12.1 Å². The highest BCUT2D eigenvalue weighted by Gasteiger charge is 2.61. The number of hydrogen-bond acceptors (Lipinski definition) is 4. The number of nitrogens with zero attached hydrogens (tertiary/aromatic N) is 1. The topological polar surface area (TPSA) is 60.8 Å². The van der Waals surface area contributed by atoms with Gasteiger partial charge in [0.25, 0.3) is 0 Å². The number of phenols is 1. The van der Waals surface area contributed by atoms with Gasteiger partial charge in [-0.25, -0.2) is 0 Å². The Morgan fingerprint density at radius 3 is 2.84 bits per heavy atom. The minimum atomic E-state index is -1.03. The summed E-state index contributed by atoms with van der Waals surface area (Å²) in [5.74, 6) is 1.06. The van der Waals surface area contributed by atoms with Crippen LogP contribution in [0.25, 0.3) is 0 Å². The maximum absolute atomic E-state index is 12.3. The Labute approximate surface area is 149 Å². The van der Waals surface area contributed by atoms with E-state index in [9.17, 15) is 15.0 Å². The first kappa shape index (κ1) is 16.8. The van der Waals surface area contributed by atoms with Crippen molar-refractivity contribution in [1.29, 1.82) is 0 Å². The van der Waals surface area contributed by atoms with Crippen LogP contribution in [-0.2, 0) is 16.6 Å². The molecule has 134 valence electrons. The fourth-order valence-electron chi connectivity index (χ4n) is 5.15. The Morgan fingerprint density at radius 1 is 1.40 bits per heavy atom. The molecule has 2 saturated carbocycles. The third-order valence-corrected chi connectivity index (χ3v) is 6.70. The SMILES string of the molecule is C=CC12CC(=O)CCC1(O)C(N(C)CC1CC1)Cc1ccc(O)cc12. The number of phenolic OH excluding ortho intramolecular Hbond substituents is 1. The van der Waals surface area contributed by atoms with Gasteiger partial charge in [-0.05, 0) is 61.9 Å². The van der Waals surface area contributed by atoms with Gasteiger partial charge in [-0.2, -0.15) is 0 Å². The van der Waals surface area contributed by atoms with Crippen molar-refractivity contribution in [3.05, 3.63) is 42.0 Å². The Morgan fingerprint density at radius 2 is 2.16 bits per heavy atom. The van der Waals surface area contributed by atoms with Crippen LogP contribution in [0.5, 0.6) is 5.75 Å². The van der Waals surface area contributed by atoms with E-state index in [-0.39, 0.29) is 24.0 Å². The van der Waals surface area contributed by atoms with E-state index in [1.54, 1.807) is 18.2 Å². The van der Waals surface area contributed by atoms with E-state index >= 15 is 0 Å². The van der Waals surface area contributed by atoms with E-state index in [0.29, 0.717) is 12.8 Å². The summed E-state index contributed by atoms with van der Waals surface area (Å²) in [6, 6.07) is 5.31. The number of Topliss-reactive ketones (excluding diaryl/α,β-unsaturated/α-hetero) is 1. The van der Waals surface area contributed by atoms with Crippen molar-refractivity contribution in [3.63, 3.8) is 0 Å². The van der Waals surface area contributed by atoms with Gasteiger partial charge in [-0.3, -0.25) is 9.69 Å². The van der Waals surface area contributed by atoms with Crippen molar-refractivity contribution < 1.29 is 15.0 Å². The standard InChI is InChI=1S/C21H27NO3/c1-3-20-12-17(24)8-9-21(20,25)19(22(2)13-14-4-5-14)10-15-6-7-16(23)11-18(15)20/h3,6-7,11,14,19,23,25H,1,4-5,8-10,12-13H2,2H3. The summed E-state index contributed by atoms with van der Waals surface area (Å²) in [5, 5.41) is 21.9. The lowest BCUT2D eigenvalue weighted by Gasteiger charge is -2.58. The lowest BCUT2D eigenvalue weighted by molar-refractivity contribution is -0.144. The van der Waals surface area contributed by atoms with Gasteiger partial charge in [0.1, 0.15) is 11.5 Å². The second-order valence-electron chi connectivity index (χ2n) is 8.26. The molecule has 0 amide bonds. The number of carbonyl (C=O) groups is 1. The molecule has 4 heteroatoms. The smallest absolute Gasteiger partial charge is 0.134 e. The first-order chi connectivity index (χ1) is 11.9. The summed E-state index contributed by atoms with van der Waals surface area (Å²) in [7, 11) is 2.09. The largest absolute Gasteiger partial charge is 0.508 e. The number of hydrogen-bond donors (Lipinski definition) is 2. The summed E-state index contributed by atoms with van der Waals surface area (Å²) < 4.78 is 0. The molecule has 3 atom stereocenters. The molecule has 3 aliphatic rings. The lowest BCUT2D eigenvalue weighted by Crippen LogP contribution is -2.68. The number of benzene rings is 1. The average Bonchev–Trinajstić information content (AvgIpc) is 3.39. The first-order valence-corrected chi connectivity index (χ1v) is 9.30. The van der Waals surface area contributed by atoms with Crippen LogP contribution >= 0.6 is 0 Å². The molecule has 0 bridgehead atoms. The van der Waals surface area contributed by atoms with Crippen LogP contribution in [0.3, 0.4) is 0 Å². The van der Waals surface area contributed by atoms with E-state index < -0.39 is 11.0 Å². The fraction of sp³-hybridized carbons (Fsp3) is 0.571. The molecule has 2 fully saturated rings. The normalized spacial score (nSPS) is 34.5. The van der Waals surface area contributed by atoms with Gasteiger partial charge in [0, 0.05) is 25.4 Å². The Bertz CT molecular complexity index is 726. The van der Waals surface area contributed by atoms with Crippen molar-refractivity contribution in [3.8, 4) is 5.75 Å². The van der Waals surface area contributed by atoms with Gasteiger partial charge in [-0.15, -0.1) is 6.58 Å². The van der Waals surface area contributed by atoms with E-state index in [0.717, 1.165) is 30.0 Å². The third-order valence-electron chi connectivity index (χ3n) is 6.70. The average molecular weight is 341 g/mol. The molecule has 4 rings (SSSR count). The Balaban J connectivity index is 1.85. The van der Waals surface area contributed by atoms with Gasteiger partial charge in [0.15, 0.2) is 0 Å². The Kier molecular flexibility index (Phi) is 3.82. The summed E-state index contributed by atoms with van der Waals surface area (Å²) in [5.41, 5.74) is 0.114. The number of ketones is 1. The number of aliphatic hydroxyl groups is 1. The van der Waals surface area contributed by atoms with E-state index in [1.807, 2.05) is 6.07 Å². The van der Waals surface area contributed by atoms with Crippen molar-refractivity contribution >= 4 is 5.78 Å². The highest BCUT2D eigenvalue weighted by molar-refractivity contribution is 5.83. The molecule has 0 spiro atoms. The van der Waals surface area contributed by atoms with Gasteiger partial charge >= 0.3 is 0 Å². The summed E-state index contributed by atoms with van der Waals surface area (Å²) in [4.78, 5) is 14.6. The lowest BCUT2D eigenvalue weighted by atomic mass is 9.52. The highest BCUT2D eigenvalue weighted by atomic mass is 16.3. The Hall–Kier alpha value is -1.65. The van der Waals surface area contributed by atoms with Crippen molar-refractivity contribution in [2.75, 3.05) is 13.6 Å². The monoisotopic (exact) mass is 341 g/mol. The minimum absolute atomic E-state index is 0.0451. The summed E-state index contributed by atoms with van der Waals surface area (Å²) >= 11 is 0. The molecular weight excluding hydrogens is 314 g/mol. The number of likely N-dealkylation sites (N-methyl/N-ethyl adjacent to an activating group) is 1. The van der Waals surface area contributed by atoms with Crippen LogP contribution < -0.4 is 0 Å². The van der Waals surface area contributed by atoms with E-state index in [4.69, 9.17) is 0 Å². The first-order valence-electron chi connectivity index (χ1n) is 9.30. The molecule has 4 nitrogen and oxygen atoms in total. The molecule has 2 N–H and O–H groups in total. The molecule has 0 aliphatic heterocycles. The molecule has 3 aliphatic carbocycles. The molecule has 1 aromatic carbocycles. The third kappa shape index (κ3) is 2.46. The number of carbonyl (C=O) groups excluding carboxylic acids is 1. The second kappa shape index (κ2) is 5.68. The maximum Gasteiger partial charge on any atom is 0.134 e. The summed E-state index contributed by atoms with van der Waals surface area (Å²) in [6.45, 7) is 5.01. The highest BCUT2D eigenvalue weighted by Crippen LogP contribution is 2.54.